The van der Waals surface area contributed by atoms with Gasteiger partial charge in [0.2, 0.25) is 0 Å². The van der Waals surface area contributed by atoms with Gasteiger partial charge in [-0.1, -0.05) is 26.7 Å². The Labute approximate surface area is 107 Å². The molecule has 17 heavy (non-hydrogen) atoms. The molecule has 0 amide bonds. The van der Waals surface area contributed by atoms with Crippen LogP contribution in [0.4, 0.5) is 0 Å². The lowest BCUT2D eigenvalue weighted by Gasteiger charge is -2.35. The van der Waals surface area contributed by atoms with E-state index in [0.29, 0.717) is 12.1 Å². The highest BCUT2D eigenvalue weighted by Gasteiger charge is 2.24. The number of rotatable bonds is 7. The molecule has 0 saturated heterocycles. The van der Waals surface area contributed by atoms with Crippen LogP contribution in [0.1, 0.15) is 46.0 Å². The molecule has 1 saturated carbocycles. The minimum Gasteiger partial charge on any atom is -0.380 e. The summed E-state index contributed by atoms with van der Waals surface area (Å²) in [6.07, 6.45) is 6.23. The summed E-state index contributed by atoms with van der Waals surface area (Å²) in [5, 5.41) is 0. The Morgan fingerprint density at radius 2 is 1.94 bits per heavy atom. The Kier molecular flexibility index (Phi) is 7.09. The Bertz CT molecular complexity index is 197. The summed E-state index contributed by atoms with van der Waals surface area (Å²) in [5.74, 6) is 0.736. The zero-order valence-corrected chi connectivity index (χ0v) is 11.8. The third-order valence-corrected chi connectivity index (χ3v) is 3.78. The van der Waals surface area contributed by atoms with Gasteiger partial charge in [0.1, 0.15) is 0 Å². The number of nitrogens with zero attached hydrogens (tertiary/aromatic N) is 1. The minimum atomic E-state index is 0.365. The molecule has 1 fully saturated rings. The van der Waals surface area contributed by atoms with E-state index >= 15 is 0 Å². The van der Waals surface area contributed by atoms with Crippen LogP contribution in [-0.2, 0) is 4.74 Å². The zero-order valence-electron chi connectivity index (χ0n) is 11.8. The molecule has 0 aromatic heterocycles. The Balaban J connectivity index is 2.09. The zero-order chi connectivity index (χ0) is 12.7. The maximum Gasteiger partial charge on any atom is 0.0593 e. The van der Waals surface area contributed by atoms with Crippen molar-refractivity contribution in [1.82, 2.24) is 4.90 Å². The van der Waals surface area contributed by atoms with Gasteiger partial charge in [-0.25, -0.2) is 0 Å². The van der Waals surface area contributed by atoms with E-state index in [-0.39, 0.29) is 0 Å². The maximum atomic E-state index is 6.17. The van der Waals surface area contributed by atoms with Gasteiger partial charge in [-0.3, -0.25) is 4.90 Å². The summed E-state index contributed by atoms with van der Waals surface area (Å²) < 4.78 is 5.66. The van der Waals surface area contributed by atoms with Gasteiger partial charge in [0.25, 0.3) is 0 Å². The highest BCUT2D eigenvalue weighted by molar-refractivity contribution is 4.84. The van der Waals surface area contributed by atoms with Crippen molar-refractivity contribution >= 4 is 0 Å². The second kappa shape index (κ2) is 8.06. The van der Waals surface area contributed by atoms with Crippen LogP contribution in [0.15, 0.2) is 0 Å². The quantitative estimate of drug-likeness (QED) is 0.696. The van der Waals surface area contributed by atoms with Crippen LogP contribution in [-0.4, -0.2) is 43.8 Å². The second-order valence-corrected chi connectivity index (χ2v) is 5.79. The Morgan fingerprint density at radius 3 is 2.59 bits per heavy atom. The minimum absolute atomic E-state index is 0.365. The molecule has 1 aliphatic rings. The molecule has 1 aliphatic carbocycles. The van der Waals surface area contributed by atoms with Crippen molar-refractivity contribution in [3.05, 3.63) is 0 Å². The lowest BCUT2D eigenvalue weighted by atomic mass is 9.90. The predicted octanol–water partition coefficient (Wildman–Crippen LogP) is 2.25. The summed E-state index contributed by atoms with van der Waals surface area (Å²) in [4.78, 5) is 2.39. The monoisotopic (exact) mass is 242 g/mol. The molecule has 0 radical (unpaired) electrons. The summed E-state index contributed by atoms with van der Waals surface area (Å²) in [6.45, 7) is 7.21. The van der Waals surface area contributed by atoms with Gasteiger partial charge in [-0.05, 0) is 32.2 Å². The highest BCUT2D eigenvalue weighted by atomic mass is 16.5. The van der Waals surface area contributed by atoms with E-state index in [4.69, 9.17) is 10.5 Å². The largest absolute Gasteiger partial charge is 0.380 e. The normalized spacial score (nSPS) is 25.8. The Hall–Kier alpha value is -0.120. The molecule has 3 nitrogen and oxygen atoms in total. The highest BCUT2D eigenvalue weighted by Crippen LogP contribution is 2.20. The third kappa shape index (κ3) is 5.84. The SMILES string of the molecule is CC(C)CCOCCN(C)C1CCCCC1N. The van der Waals surface area contributed by atoms with E-state index in [1.807, 2.05) is 0 Å². The predicted molar refractivity (Wildman–Crippen MR) is 73.1 cm³/mol. The number of nitrogens with two attached hydrogens (primary N) is 1. The molecule has 0 bridgehead atoms. The molecular formula is C14H30N2O. The summed E-state index contributed by atoms with van der Waals surface area (Å²) in [7, 11) is 2.18. The first-order valence-corrected chi connectivity index (χ1v) is 7.15. The van der Waals surface area contributed by atoms with Crippen LogP contribution in [0, 0.1) is 5.92 Å². The fraction of sp³-hybridized carbons (Fsp3) is 1.00. The van der Waals surface area contributed by atoms with E-state index < -0.39 is 0 Å². The van der Waals surface area contributed by atoms with Crippen molar-refractivity contribution in [1.29, 1.82) is 0 Å². The molecule has 102 valence electrons. The van der Waals surface area contributed by atoms with Crippen molar-refractivity contribution in [3.63, 3.8) is 0 Å². The van der Waals surface area contributed by atoms with Crippen LogP contribution in [0.2, 0.25) is 0 Å². The Morgan fingerprint density at radius 1 is 1.24 bits per heavy atom. The van der Waals surface area contributed by atoms with Crippen molar-refractivity contribution in [2.24, 2.45) is 11.7 Å². The van der Waals surface area contributed by atoms with Gasteiger partial charge in [0.05, 0.1) is 6.61 Å². The number of hydrogen-bond donors (Lipinski definition) is 1. The van der Waals surface area contributed by atoms with Crippen molar-refractivity contribution in [2.45, 2.75) is 58.0 Å². The van der Waals surface area contributed by atoms with Crippen molar-refractivity contribution in [2.75, 3.05) is 26.8 Å². The maximum absolute atomic E-state index is 6.17. The van der Waals surface area contributed by atoms with Crippen LogP contribution < -0.4 is 5.73 Å². The van der Waals surface area contributed by atoms with Crippen molar-refractivity contribution in [3.8, 4) is 0 Å². The average Bonchev–Trinajstić information content (AvgIpc) is 2.28. The van der Waals surface area contributed by atoms with Gasteiger partial charge in [-0.15, -0.1) is 0 Å². The molecule has 3 heteroatoms. The lowest BCUT2D eigenvalue weighted by molar-refractivity contribution is 0.0791. The molecule has 1 rings (SSSR count). The van der Waals surface area contributed by atoms with Crippen molar-refractivity contribution < 1.29 is 4.74 Å². The number of ether oxygens (including phenoxy) is 1. The van der Waals surface area contributed by atoms with E-state index in [1.165, 1.54) is 25.7 Å². The van der Waals surface area contributed by atoms with Gasteiger partial charge < -0.3 is 10.5 Å². The first-order chi connectivity index (χ1) is 8.11. The first-order valence-electron chi connectivity index (χ1n) is 7.15. The topological polar surface area (TPSA) is 38.5 Å². The summed E-state index contributed by atoms with van der Waals surface area (Å²) in [5.41, 5.74) is 6.17. The van der Waals surface area contributed by atoms with Gasteiger partial charge in [0.15, 0.2) is 0 Å². The second-order valence-electron chi connectivity index (χ2n) is 5.79. The molecule has 0 aromatic carbocycles. The van der Waals surface area contributed by atoms with E-state index in [9.17, 15) is 0 Å². The molecule has 0 aromatic rings. The standard InChI is InChI=1S/C14H30N2O/c1-12(2)8-10-17-11-9-16(3)14-7-5-4-6-13(14)15/h12-14H,4-11,15H2,1-3H3. The molecule has 0 spiro atoms. The van der Waals surface area contributed by atoms with E-state index in [1.54, 1.807) is 0 Å². The fourth-order valence-corrected chi connectivity index (χ4v) is 2.48. The fourth-order valence-electron chi connectivity index (χ4n) is 2.48. The van der Waals surface area contributed by atoms with Crippen LogP contribution in [0.3, 0.4) is 0 Å². The summed E-state index contributed by atoms with van der Waals surface area (Å²) >= 11 is 0. The van der Waals surface area contributed by atoms with Gasteiger partial charge in [-0.2, -0.15) is 0 Å². The molecule has 2 N–H and O–H groups in total. The van der Waals surface area contributed by atoms with Crippen LogP contribution in [0.5, 0.6) is 0 Å². The molecule has 0 heterocycles. The van der Waals surface area contributed by atoms with Crippen LogP contribution >= 0.6 is 0 Å². The molecular weight excluding hydrogens is 212 g/mol. The smallest absolute Gasteiger partial charge is 0.0593 e. The van der Waals surface area contributed by atoms with E-state index in [2.05, 4.69) is 25.8 Å². The molecule has 0 aliphatic heterocycles. The summed E-state index contributed by atoms with van der Waals surface area (Å²) in [6, 6.07) is 0.932. The molecule has 2 atom stereocenters. The molecule has 2 unspecified atom stereocenters. The number of hydrogen-bond acceptors (Lipinski definition) is 3. The van der Waals surface area contributed by atoms with E-state index in [0.717, 1.165) is 32.1 Å². The van der Waals surface area contributed by atoms with Crippen LogP contribution in [0.25, 0.3) is 0 Å². The lowest BCUT2D eigenvalue weighted by Crippen LogP contribution is -2.48. The first kappa shape index (κ1) is 14.9. The third-order valence-electron chi connectivity index (χ3n) is 3.78. The van der Waals surface area contributed by atoms with Gasteiger partial charge >= 0.3 is 0 Å². The average molecular weight is 242 g/mol. The number of likely N-dealkylation sites (N-methyl/N-ethyl adjacent to an activating group) is 1. The van der Waals surface area contributed by atoms with Gasteiger partial charge in [0, 0.05) is 25.2 Å².